The van der Waals surface area contributed by atoms with Crippen molar-refractivity contribution < 1.29 is 13.2 Å². The largest absolute Gasteiger partial charge is 0.427 e. The Hall–Kier alpha value is -1.15. The van der Waals surface area contributed by atoms with Gasteiger partial charge in [-0.05, 0) is 5.56 Å². The average molecular weight is 364 g/mol. The molecule has 1 fully saturated rings. The molecule has 0 saturated carbocycles. The van der Waals surface area contributed by atoms with E-state index < -0.39 is 11.1 Å². The fourth-order valence-corrected chi connectivity index (χ4v) is 3.63. The van der Waals surface area contributed by atoms with E-state index in [2.05, 4.69) is 9.88 Å². The first kappa shape index (κ1) is 18.2. The Morgan fingerprint density at radius 3 is 2.52 bits per heavy atom. The third-order valence-electron chi connectivity index (χ3n) is 3.86. The summed E-state index contributed by atoms with van der Waals surface area (Å²) in [6.45, 7) is 1.82. The molecular weight excluding hydrogens is 347 g/mol. The number of benzene rings is 1. The lowest BCUT2D eigenvalue weighted by molar-refractivity contribution is -0.134. The molecule has 2 heterocycles. The van der Waals surface area contributed by atoms with Gasteiger partial charge >= 0.3 is 6.18 Å². The summed E-state index contributed by atoms with van der Waals surface area (Å²) < 4.78 is 37.8. The maximum atomic E-state index is 12.6. The predicted octanol–water partition coefficient (Wildman–Crippen LogP) is 3.51. The molecular formula is C15H17ClF3N3S. The van der Waals surface area contributed by atoms with Gasteiger partial charge in [-0.3, -0.25) is 4.90 Å². The Labute approximate surface area is 142 Å². The fraction of sp³-hybridized carbons (Fsp3) is 0.400. The molecule has 126 valence electrons. The number of alkyl halides is 3. The van der Waals surface area contributed by atoms with Crippen LogP contribution in [0.25, 0.3) is 0 Å². The Balaban J connectivity index is 0.00000192. The minimum Gasteiger partial charge on any atom is -0.326 e. The van der Waals surface area contributed by atoms with Crippen LogP contribution in [0.3, 0.4) is 0 Å². The van der Waals surface area contributed by atoms with Gasteiger partial charge in [-0.2, -0.15) is 13.2 Å². The molecule has 0 radical (unpaired) electrons. The van der Waals surface area contributed by atoms with Crippen LogP contribution >= 0.6 is 23.7 Å². The van der Waals surface area contributed by atoms with Crippen LogP contribution < -0.4 is 5.73 Å². The molecule has 23 heavy (non-hydrogen) atoms. The maximum absolute atomic E-state index is 12.6. The standard InChI is InChI=1S/C15H16F3N3S.ClH/c16-15(17,18)13-6-20-14(22-13)9-21-7-11(12(19)8-21)10-4-2-1-3-5-10;/h1-6,11-12H,7-9,19H2;1H/t11-,12+;/m0./s1. The lowest BCUT2D eigenvalue weighted by Gasteiger charge is -2.15. The molecule has 0 aliphatic carbocycles. The van der Waals surface area contributed by atoms with E-state index >= 15 is 0 Å². The minimum absolute atomic E-state index is 0. The average Bonchev–Trinajstić information content (AvgIpc) is 3.07. The van der Waals surface area contributed by atoms with Crippen LogP contribution in [0.2, 0.25) is 0 Å². The van der Waals surface area contributed by atoms with Crippen LogP contribution in [-0.4, -0.2) is 29.0 Å². The van der Waals surface area contributed by atoms with Gasteiger partial charge in [0.25, 0.3) is 0 Å². The summed E-state index contributed by atoms with van der Waals surface area (Å²) in [6, 6.07) is 9.97. The molecule has 0 amide bonds. The summed E-state index contributed by atoms with van der Waals surface area (Å²) in [7, 11) is 0. The second-order valence-electron chi connectivity index (χ2n) is 5.49. The SMILES string of the molecule is Cl.N[C@@H]1CN(Cc2ncc(C(F)(F)F)s2)C[C@H]1c1ccccc1. The number of thiazole rings is 1. The van der Waals surface area contributed by atoms with Crippen molar-refractivity contribution in [3.05, 3.63) is 52.0 Å². The smallest absolute Gasteiger partial charge is 0.326 e. The van der Waals surface area contributed by atoms with Crippen molar-refractivity contribution in [2.45, 2.75) is 24.7 Å². The normalized spacial score (nSPS) is 22.1. The number of nitrogens with zero attached hydrogens (tertiary/aromatic N) is 2. The van der Waals surface area contributed by atoms with Crippen molar-refractivity contribution in [3.8, 4) is 0 Å². The zero-order chi connectivity index (χ0) is 15.7. The highest BCUT2D eigenvalue weighted by molar-refractivity contribution is 7.11. The lowest BCUT2D eigenvalue weighted by Crippen LogP contribution is -2.28. The van der Waals surface area contributed by atoms with E-state index in [1.54, 1.807) is 0 Å². The molecule has 8 heteroatoms. The van der Waals surface area contributed by atoms with Crippen LogP contribution in [0.5, 0.6) is 0 Å². The zero-order valence-corrected chi connectivity index (χ0v) is 13.8. The van der Waals surface area contributed by atoms with E-state index in [0.29, 0.717) is 29.4 Å². The highest BCUT2D eigenvalue weighted by Gasteiger charge is 2.35. The third-order valence-corrected chi connectivity index (χ3v) is 4.89. The van der Waals surface area contributed by atoms with Crippen molar-refractivity contribution >= 4 is 23.7 Å². The van der Waals surface area contributed by atoms with Gasteiger partial charge in [-0.1, -0.05) is 30.3 Å². The topological polar surface area (TPSA) is 42.1 Å². The van der Waals surface area contributed by atoms with Crippen LogP contribution in [-0.2, 0) is 12.7 Å². The molecule has 0 bridgehead atoms. The van der Waals surface area contributed by atoms with Gasteiger partial charge in [0.1, 0.15) is 9.88 Å². The Bertz CT molecular complexity index is 632. The van der Waals surface area contributed by atoms with Crippen molar-refractivity contribution in [1.29, 1.82) is 0 Å². The van der Waals surface area contributed by atoms with Gasteiger partial charge in [0.15, 0.2) is 0 Å². The highest BCUT2D eigenvalue weighted by atomic mass is 35.5. The lowest BCUT2D eigenvalue weighted by atomic mass is 9.95. The first-order valence-electron chi connectivity index (χ1n) is 6.98. The Morgan fingerprint density at radius 2 is 1.91 bits per heavy atom. The molecule has 3 rings (SSSR count). The monoisotopic (exact) mass is 363 g/mol. The molecule has 2 atom stereocenters. The second kappa shape index (κ2) is 7.17. The summed E-state index contributed by atoms with van der Waals surface area (Å²) in [5, 5.41) is 0.480. The van der Waals surface area contributed by atoms with Gasteiger partial charge in [0.2, 0.25) is 0 Å². The number of rotatable bonds is 3. The number of hydrogen-bond acceptors (Lipinski definition) is 4. The molecule has 1 aromatic carbocycles. The molecule has 1 saturated heterocycles. The van der Waals surface area contributed by atoms with E-state index in [1.165, 1.54) is 5.56 Å². The molecule has 2 aromatic rings. The summed E-state index contributed by atoms with van der Waals surface area (Å²) in [6.07, 6.45) is -3.41. The fourth-order valence-electron chi connectivity index (χ4n) is 2.80. The van der Waals surface area contributed by atoms with Gasteiger partial charge in [0.05, 0.1) is 12.7 Å². The van der Waals surface area contributed by atoms with Gasteiger partial charge < -0.3 is 5.73 Å². The van der Waals surface area contributed by atoms with Gasteiger partial charge in [-0.15, -0.1) is 23.7 Å². The van der Waals surface area contributed by atoms with Crippen molar-refractivity contribution in [1.82, 2.24) is 9.88 Å². The highest BCUT2D eigenvalue weighted by Crippen LogP contribution is 2.34. The molecule has 2 N–H and O–H groups in total. The second-order valence-corrected chi connectivity index (χ2v) is 6.61. The molecule has 0 unspecified atom stereocenters. The number of aromatic nitrogens is 1. The van der Waals surface area contributed by atoms with Gasteiger partial charge in [-0.25, -0.2) is 4.98 Å². The third kappa shape index (κ3) is 4.23. The van der Waals surface area contributed by atoms with E-state index in [1.807, 2.05) is 30.3 Å². The van der Waals surface area contributed by atoms with Crippen LogP contribution in [0.4, 0.5) is 13.2 Å². The summed E-state index contributed by atoms with van der Waals surface area (Å²) >= 11 is 0.706. The molecule has 0 spiro atoms. The van der Waals surface area contributed by atoms with Crippen LogP contribution in [0.1, 0.15) is 21.4 Å². The first-order valence-corrected chi connectivity index (χ1v) is 7.80. The van der Waals surface area contributed by atoms with Crippen molar-refractivity contribution in [3.63, 3.8) is 0 Å². The molecule has 1 aromatic heterocycles. The summed E-state index contributed by atoms with van der Waals surface area (Å²) in [5.41, 5.74) is 7.36. The zero-order valence-electron chi connectivity index (χ0n) is 12.2. The van der Waals surface area contributed by atoms with E-state index in [0.717, 1.165) is 12.7 Å². The molecule has 3 nitrogen and oxygen atoms in total. The maximum Gasteiger partial charge on any atom is 0.427 e. The van der Waals surface area contributed by atoms with E-state index in [9.17, 15) is 13.2 Å². The molecule has 1 aliphatic rings. The van der Waals surface area contributed by atoms with E-state index in [4.69, 9.17) is 5.73 Å². The van der Waals surface area contributed by atoms with Crippen molar-refractivity contribution in [2.75, 3.05) is 13.1 Å². The summed E-state index contributed by atoms with van der Waals surface area (Å²) in [5.74, 6) is 0.211. The quantitative estimate of drug-likeness (QED) is 0.907. The van der Waals surface area contributed by atoms with Crippen molar-refractivity contribution in [2.24, 2.45) is 5.73 Å². The van der Waals surface area contributed by atoms with Crippen LogP contribution in [0, 0.1) is 0 Å². The first-order chi connectivity index (χ1) is 10.4. The van der Waals surface area contributed by atoms with E-state index in [-0.39, 0.29) is 24.4 Å². The number of hydrogen-bond donors (Lipinski definition) is 1. The number of likely N-dealkylation sites (tertiary alicyclic amines) is 1. The van der Waals surface area contributed by atoms with Crippen LogP contribution in [0.15, 0.2) is 36.5 Å². The summed E-state index contributed by atoms with van der Waals surface area (Å²) in [4.78, 5) is 5.31. The Kier molecular flexibility index (Phi) is 5.67. The number of nitrogens with two attached hydrogens (primary N) is 1. The number of halogens is 4. The minimum atomic E-state index is -4.32. The predicted molar refractivity (Wildman–Crippen MR) is 86.8 cm³/mol. The Morgan fingerprint density at radius 1 is 1.22 bits per heavy atom. The van der Waals surface area contributed by atoms with Gasteiger partial charge in [0, 0.05) is 25.0 Å². The molecule has 1 aliphatic heterocycles.